The third-order valence-electron chi connectivity index (χ3n) is 4.17. The third-order valence-corrected chi connectivity index (χ3v) is 4.17. The average molecular weight is 310 g/mol. The number of aromatic amines is 1. The first-order chi connectivity index (χ1) is 11.2. The number of rotatable bonds is 6. The number of carbonyl (C=O) groups excluding carboxylic acids is 1. The SMILES string of the molecule is NC(=O)c1c[n+]([C@H](CO)CCc2cccc3ccccc23)c[nH]1. The van der Waals surface area contributed by atoms with Crippen molar-refractivity contribution in [3.05, 3.63) is 66.2 Å². The van der Waals surface area contributed by atoms with E-state index in [4.69, 9.17) is 5.73 Å². The van der Waals surface area contributed by atoms with Crippen LogP contribution in [0.4, 0.5) is 0 Å². The van der Waals surface area contributed by atoms with Crippen LogP contribution in [-0.2, 0) is 6.42 Å². The molecule has 5 heteroatoms. The average Bonchev–Trinajstić information content (AvgIpc) is 3.06. The summed E-state index contributed by atoms with van der Waals surface area (Å²) in [6.45, 7) is 0.00544. The first kappa shape index (κ1) is 15.2. The van der Waals surface area contributed by atoms with Crippen LogP contribution in [-0.4, -0.2) is 22.6 Å². The van der Waals surface area contributed by atoms with Crippen LogP contribution in [0.15, 0.2) is 55.0 Å². The summed E-state index contributed by atoms with van der Waals surface area (Å²) in [5, 5.41) is 12.1. The number of benzene rings is 2. The molecule has 5 nitrogen and oxygen atoms in total. The minimum Gasteiger partial charge on any atom is -0.392 e. The number of amides is 1. The summed E-state index contributed by atoms with van der Waals surface area (Å²) in [5.41, 5.74) is 6.85. The van der Waals surface area contributed by atoms with E-state index in [9.17, 15) is 9.90 Å². The molecule has 4 N–H and O–H groups in total. The highest BCUT2D eigenvalue weighted by Crippen LogP contribution is 2.21. The molecule has 0 saturated heterocycles. The number of nitrogens with zero attached hydrogens (tertiary/aromatic N) is 1. The molecule has 2 aromatic carbocycles. The Morgan fingerprint density at radius 3 is 2.74 bits per heavy atom. The van der Waals surface area contributed by atoms with Crippen molar-refractivity contribution >= 4 is 16.7 Å². The van der Waals surface area contributed by atoms with Crippen molar-refractivity contribution in [3.63, 3.8) is 0 Å². The molecule has 0 spiro atoms. The van der Waals surface area contributed by atoms with Gasteiger partial charge in [0.25, 0.3) is 5.91 Å². The van der Waals surface area contributed by atoms with Gasteiger partial charge in [0.1, 0.15) is 12.2 Å². The summed E-state index contributed by atoms with van der Waals surface area (Å²) < 4.78 is 1.81. The van der Waals surface area contributed by atoms with Crippen molar-refractivity contribution in [2.24, 2.45) is 5.73 Å². The molecule has 0 saturated carbocycles. The second kappa shape index (κ2) is 6.62. The number of H-pyrrole nitrogens is 1. The van der Waals surface area contributed by atoms with Gasteiger partial charge in [0.2, 0.25) is 12.0 Å². The maximum Gasteiger partial charge on any atom is 0.292 e. The predicted octanol–water partition coefficient (Wildman–Crippen LogP) is 1.72. The number of aromatic nitrogens is 2. The molecular formula is C18H20N3O2+. The third kappa shape index (κ3) is 3.24. The van der Waals surface area contributed by atoms with Gasteiger partial charge in [-0.15, -0.1) is 0 Å². The Morgan fingerprint density at radius 1 is 1.22 bits per heavy atom. The smallest absolute Gasteiger partial charge is 0.292 e. The molecule has 1 aromatic heterocycles. The molecule has 1 amide bonds. The predicted molar refractivity (Wildman–Crippen MR) is 87.9 cm³/mol. The first-order valence-electron chi connectivity index (χ1n) is 7.65. The van der Waals surface area contributed by atoms with Gasteiger partial charge in [-0.2, -0.15) is 0 Å². The van der Waals surface area contributed by atoms with E-state index in [1.165, 1.54) is 16.3 Å². The highest BCUT2D eigenvalue weighted by molar-refractivity contribution is 5.90. The summed E-state index contributed by atoms with van der Waals surface area (Å²) in [5.74, 6) is -0.505. The van der Waals surface area contributed by atoms with Crippen LogP contribution in [0.1, 0.15) is 28.5 Å². The second-order valence-corrected chi connectivity index (χ2v) is 5.64. The molecule has 0 radical (unpaired) electrons. The van der Waals surface area contributed by atoms with Gasteiger partial charge in [0.15, 0.2) is 0 Å². The van der Waals surface area contributed by atoms with Crippen molar-refractivity contribution in [2.45, 2.75) is 18.9 Å². The minimum absolute atomic E-state index is 0.00544. The molecule has 0 aliphatic carbocycles. The van der Waals surface area contributed by atoms with Crippen molar-refractivity contribution in [1.29, 1.82) is 0 Å². The number of carbonyl (C=O) groups is 1. The zero-order valence-electron chi connectivity index (χ0n) is 12.8. The van der Waals surface area contributed by atoms with Crippen LogP contribution in [0.5, 0.6) is 0 Å². The molecule has 23 heavy (non-hydrogen) atoms. The molecule has 0 aliphatic rings. The molecule has 0 fully saturated rings. The number of aliphatic hydroxyl groups is 1. The standard InChI is InChI=1S/C18H19N3O2/c19-18(23)17-10-21(12-20-17)15(11-22)9-8-14-6-3-5-13-4-1-2-7-16(13)14/h1-7,10,12,15,22H,8-9,11H2,(H2,19,23)/p+1/t15-/m0/s1. The van der Waals surface area contributed by atoms with E-state index in [1.54, 1.807) is 12.5 Å². The van der Waals surface area contributed by atoms with Gasteiger partial charge in [0, 0.05) is 0 Å². The lowest BCUT2D eigenvalue weighted by molar-refractivity contribution is -0.724. The fraction of sp³-hybridized carbons (Fsp3) is 0.222. The van der Waals surface area contributed by atoms with Gasteiger partial charge in [-0.05, 0) is 29.2 Å². The number of primary amides is 1. The van der Waals surface area contributed by atoms with E-state index in [0.717, 1.165) is 12.8 Å². The summed E-state index contributed by atoms with van der Waals surface area (Å²) in [4.78, 5) is 14.0. The van der Waals surface area contributed by atoms with Gasteiger partial charge in [-0.1, -0.05) is 42.5 Å². The number of hydrogen-bond donors (Lipinski definition) is 3. The topological polar surface area (TPSA) is 83.0 Å². The Balaban J connectivity index is 1.78. The number of fused-ring (bicyclic) bond motifs is 1. The molecule has 0 aliphatic heterocycles. The summed E-state index contributed by atoms with van der Waals surface area (Å²) in [6, 6.07) is 14.5. The maximum atomic E-state index is 11.2. The van der Waals surface area contributed by atoms with Crippen LogP contribution in [0.2, 0.25) is 0 Å². The van der Waals surface area contributed by atoms with Gasteiger partial charge in [-0.25, -0.2) is 9.55 Å². The van der Waals surface area contributed by atoms with Gasteiger partial charge >= 0.3 is 0 Å². The summed E-state index contributed by atoms with van der Waals surface area (Å²) in [6.07, 6.45) is 4.93. The minimum atomic E-state index is -0.505. The molecule has 1 heterocycles. The zero-order chi connectivity index (χ0) is 16.2. The Hall–Kier alpha value is -2.66. The van der Waals surface area contributed by atoms with Crippen molar-refractivity contribution in [2.75, 3.05) is 6.61 Å². The Kier molecular flexibility index (Phi) is 4.39. The number of nitrogens with one attached hydrogen (secondary N) is 1. The van der Waals surface area contributed by atoms with Crippen molar-refractivity contribution in [3.8, 4) is 0 Å². The number of imidazole rings is 1. The van der Waals surface area contributed by atoms with E-state index in [-0.39, 0.29) is 12.6 Å². The lowest BCUT2D eigenvalue weighted by Crippen LogP contribution is -2.40. The lowest BCUT2D eigenvalue weighted by Gasteiger charge is -2.12. The van der Waals surface area contributed by atoms with Crippen LogP contribution >= 0.6 is 0 Å². The molecular weight excluding hydrogens is 290 g/mol. The van der Waals surface area contributed by atoms with Crippen LogP contribution in [0.3, 0.4) is 0 Å². The van der Waals surface area contributed by atoms with Crippen LogP contribution < -0.4 is 10.3 Å². The van der Waals surface area contributed by atoms with E-state index in [0.29, 0.717) is 5.69 Å². The Morgan fingerprint density at radius 2 is 2.00 bits per heavy atom. The number of aliphatic hydroxyl groups excluding tert-OH is 1. The van der Waals surface area contributed by atoms with Gasteiger partial charge < -0.3 is 10.8 Å². The van der Waals surface area contributed by atoms with E-state index in [1.807, 2.05) is 16.7 Å². The molecule has 118 valence electrons. The highest BCUT2D eigenvalue weighted by atomic mass is 16.3. The normalized spacial score (nSPS) is 12.4. The van der Waals surface area contributed by atoms with E-state index < -0.39 is 5.91 Å². The van der Waals surface area contributed by atoms with Gasteiger partial charge in [-0.3, -0.25) is 4.79 Å². The number of nitrogens with two attached hydrogens (primary N) is 1. The Bertz CT molecular complexity index is 821. The van der Waals surface area contributed by atoms with Crippen molar-refractivity contribution < 1.29 is 14.5 Å². The number of aryl methyl sites for hydroxylation is 1. The first-order valence-corrected chi connectivity index (χ1v) is 7.65. The summed E-state index contributed by atoms with van der Waals surface area (Å²) >= 11 is 0. The largest absolute Gasteiger partial charge is 0.392 e. The van der Waals surface area contributed by atoms with Crippen LogP contribution in [0.25, 0.3) is 10.8 Å². The van der Waals surface area contributed by atoms with Crippen LogP contribution in [0, 0.1) is 0 Å². The lowest BCUT2D eigenvalue weighted by atomic mass is 9.99. The maximum absolute atomic E-state index is 11.2. The molecule has 3 aromatic rings. The molecule has 0 bridgehead atoms. The highest BCUT2D eigenvalue weighted by Gasteiger charge is 2.19. The molecule has 3 rings (SSSR count). The van der Waals surface area contributed by atoms with Gasteiger partial charge in [0.05, 0.1) is 6.61 Å². The number of hydrogen-bond acceptors (Lipinski definition) is 2. The zero-order valence-corrected chi connectivity index (χ0v) is 12.8. The fourth-order valence-corrected chi connectivity index (χ4v) is 2.88. The fourth-order valence-electron chi connectivity index (χ4n) is 2.88. The monoisotopic (exact) mass is 310 g/mol. The van der Waals surface area contributed by atoms with Crippen molar-refractivity contribution in [1.82, 2.24) is 4.98 Å². The second-order valence-electron chi connectivity index (χ2n) is 5.64. The Labute approximate surface area is 134 Å². The van der Waals surface area contributed by atoms with E-state index >= 15 is 0 Å². The van der Waals surface area contributed by atoms with E-state index in [2.05, 4.69) is 35.3 Å². The molecule has 0 unspecified atom stereocenters. The molecule has 1 atom stereocenters. The summed E-state index contributed by atoms with van der Waals surface area (Å²) in [7, 11) is 0. The quantitative estimate of drug-likeness (QED) is 0.606.